The Morgan fingerprint density at radius 3 is 2.76 bits per heavy atom. The fourth-order valence-corrected chi connectivity index (χ4v) is 4.90. The van der Waals surface area contributed by atoms with Crippen LogP contribution in [-0.4, -0.2) is 16.2 Å². The molecular formula is C17H11Cl2N3S3. The van der Waals surface area contributed by atoms with Crippen molar-refractivity contribution < 1.29 is 0 Å². The largest absolute Gasteiger partial charge is 0.307 e. The molecule has 0 amide bonds. The van der Waals surface area contributed by atoms with Crippen molar-refractivity contribution in [2.24, 2.45) is 0 Å². The molecule has 2 aromatic heterocycles. The molecule has 0 saturated carbocycles. The summed E-state index contributed by atoms with van der Waals surface area (Å²) in [4.78, 5) is 10.5. The van der Waals surface area contributed by atoms with Crippen LogP contribution in [0, 0.1) is 0 Å². The first-order valence-electron chi connectivity index (χ1n) is 7.25. The van der Waals surface area contributed by atoms with Crippen LogP contribution in [0.3, 0.4) is 0 Å². The minimum Gasteiger partial charge on any atom is -0.307 e. The highest BCUT2D eigenvalue weighted by molar-refractivity contribution is 7.98. The van der Waals surface area contributed by atoms with E-state index in [9.17, 15) is 0 Å². The lowest BCUT2D eigenvalue weighted by atomic mass is 10.2. The molecule has 0 atom stereocenters. The summed E-state index contributed by atoms with van der Waals surface area (Å²) in [5.41, 5.74) is 2.61. The van der Waals surface area contributed by atoms with Gasteiger partial charge in [0.1, 0.15) is 0 Å². The van der Waals surface area contributed by atoms with Crippen molar-refractivity contribution in [1.82, 2.24) is 9.97 Å². The quantitative estimate of drug-likeness (QED) is 0.352. The number of hydrogen-bond donors (Lipinski definition) is 1. The van der Waals surface area contributed by atoms with Crippen LogP contribution < -0.4 is 5.32 Å². The molecule has 0 aliphatic carbocycles. The van der Waals surface area contributed by atoms with Gasteiger partial charge in [-0.3, -0.25) is 0 Å². The van der Waals surface area contributed by atoms with Crippen LogP contribution in [-0.2, 0) is 0 Å². The third-order valence-electron chi connectivity index (χ3n) is 3.52. The van der Waals surface area contributed by atoms with E-state index in [2.05, 4.69) is 33.7 Å². The zero-order valence-corrected chi connectivity index (χ0v) is 16.9. The summed E-state index contributed by atoms with van der Waals surface area (Å²) >= 11 is 17.2. The third kappa shape index (κ3) is 3.64. The Balaban J connectivity index is 1.61. The van der Waals surface area contributed by atoms with Gasteiger partial charge in [-0.25, -0.2) is 9.97 Å². The average Bonchev–Trinajstić information content (AvgIpc) is 3.22. The Labute approximate surface area is 167 Å². The number of anilines is 2. The minimum absolute atomic E-state index is 0.630. The van der Waals surface area contributed by atoms with Crippen molar-refractivity contribution in [2.45, 2.75) is 4.90 Å². The van der Waals surface area contributed by atoms with E-state index in [1.54, 1.807) is 35.2 Å². The number of thiazole rings is 2. The molecule has 126 valence electrons. The maximum atomic E-state index is 6.26. The van der Waals surface area contributed by atoms with Gasteiger partial charge in [-0.05, 0) is 42.7 Å². The van der Waals surface area contributed by atoms with Crippen molar-refractivity contribution in [3.05, 3.63) is 51.8 Å². The number of benzene rings is 2. The van der Waals surface area contributed by atoms with Gasteiger partial charge in [0.25, 0.3) is 0 Å². The zero-order valence-electron chi connectivity index (χ0n) is 12.9. The van der Waals surface area contributed by atoms with E-state index in [1.807, 2.05) is 17.5 Å². The Hall–Kier alpha value is -1.31. The predicted molar refractivity (Wildman–Crippen MR) is 112 cm³/mol. The van der Waals surface area contributed by atoms with Gasteiger partial charge in [0.15, 0.2) is 10.3 Å². The lowest BCUT2D eigenvalue weighted by molar-refractivity contribution is 1.36. The molecule has 1 N–H and O–H groups in total. The van der Waals surface area contributed by atoms with Crippen LogP contribution >= 0.6 is 57.6 Å². The third-order valence-corrected chi connectivity index (χ3v) is 6.50. The summed E-state index contributed by atoms with van der Waals surface area (Å²) in [6, 6.07) is 11.7. The molecule has 0 saturated heterocycles. The predicted octanol–water partition coefficient (Wildman–Crippen LogP) is 7.19. The molecule has 3 nitrogen and oxygen atoms in total. The Kier molecular flexibility index (Phi) is 4.88. The molecule has 0 aliphatic rings. The van der Waals surface area contributed by atoms with Crippen LogP contribution in [0.5, 0.6) is 0 Å². The molecule has 0 bridgehead atoms. The first kappa shape index (κ1) is 17.1. The zero-order chi connectivity index (χ0) is 17.4. The standard InChI is InChI=1S/C17H11Cl2N3S3/c1-23-10-3-5-13-15(7-10)25-17(20-13)22-16-21-14(8-24-16)11-6-9(18)2-4-12(11)19/h2-8H,1H3,(H,20,21,22). The number of hydrogen-bond acceptors (Lipinski definition) is 6. The summed E-state index contributed by atoms with van der Waals surface area (Å²) in [6.07, 6.45) is 2.07. The van der Waals surface area contributed by atoms with Gasteiger partial charge in [0.2, 0.25) is 0 Å². The SMILES string of the molecule is CSc1ccc2nc(Nc3nc(-c4cc(Cl)ccc4Cl)cs3)sc2c1. The maximum absolute atomic E-state index is 6.26. The lowest BCUT2D eigenvalue weighted by Crippen LogP contribution is -1.88. The van der Waals surface area contributed by atoms with E-state index in [0.717, 1.165) is 31.7 Å². The number of thioether (sulfide) groups is 1. The molecule has 0 spiro atoms. The van der Waals surface area contributed by atoms with Crippen LogP contribution in [0.1, 0.15) is 0 Å². The van der Waals surface area contributed by atoms with Crippen molar-refractivity contribution in [1.29, 1.82) is 0 Å². The second-order valence-electron chi connectivity index (χ2n) is 5.14. The van der Waals surface area contributed by atoms with Gasteiger partial charge in [-0.1, -0.05) is 34.5 Å². The number of nitrogens with zero attached hydrogens (tertiary/aromatic N) is 2. The second kappa shape index (κ2) is 7.13. The Morgan fingerprint density at radius 1 is 1.04 bits per heavy atom. The minimum atomic E-state index is 0.630. The van der Waals surface area contributed by atoms with Gasteiger partial charge in [0.05, 0.1) is 20.9 Å². The fraction of sp³-hybridized carbons (Fsp3) is 0.0588. The van der Waals surface area contributed by atoms with Crippen LogP contribution in [0.25, 0.3) is 21.5 Å². The van der Waals surface area contributed by atoms with Crippen molar-refractivity contribution in [3.8, 4) is 11.3 Å². The summed E-state index contributed by atoms with van der Waals surface area (Å²) < 4.78 is 1.16. The first-order chi connectivity index (χ1) is 12.1. The first-order valence-corrected chi connectivity index (χ1v) is 10.9. The average molecular weight is 424 g/mol. The van der Waals surface area contributed by atoms with E-state index in [1.165, 1.54) is 16.2 Å². The maximum Gasteiger partial charge on any atom is 0.190 e. The number of aromatic nitrogens is 2. The summed E-state index contributed by atoms with van der Waals surface area (Å²) in [5, 5.41) is 8.11. The van der Waals surface area contributed by atoms with Gasteiger partial charge in [-0.15, -0.1) is 23.1 Å². The van der Waals surface area contributed by atoms with E-state index in [0.29, 0.717) is 10.0 Å². The van der Waals surface area contributed by atoms with Crippen molar-refractivity contribution in [3.63, 3.8) is 0 Å². The van der Waals surface area contributed by atoms with Crippen LogP contribution in [0.15, 0.2) is 46.7 Å². The summed E-state index contributed by atoms with van der Waals surface area (Å²) in [5.74, 6) is 0. The monoisotopic (exact) mass is 423 g/mol. The number of halogens is 2. The van der Waals surface area contributed by atoms with Gasteiger partial charge >= 0.3 is 0 Å². The van der Waals surface area contributed by atoms with Crippen LogP contribution in [0.4, 0.5) is 10.3 Å². The van der Waals surface area contributed by atoms with Crippen LogP contribution in [0.2, 0.25) is 10.0 Å². The molecule has 25 heavy (non-hydrogen) atoms. The van der Waals surface area contributed by atoms with Gasteiger partial charge in [-0.2, -0.15) is 0 Å². The van der Waals surface area contributed by atoms with E-state index < -0.39 is 0 Å². The highest BCUT2D eigenvalue weighted by Crippen LogP contribution is 2.35. The normalized spacial score (nSPS) is 11.2. The van der Waals surface area contributed by atoms with E-state index >= 15 is 0 Å². The fourth-order valence-electron chi connectivity index (χ4n) is 2.33. The lowest BCUT2D eigenvalue weighted by Gasteiger charge is -2.01. The van der Waals surface area contributed by atoms with Gasteiger partial charge in [0, 0.05) is 20.9 Å². The molecule has 0 aliphatic heterocycles. The molecule has 2 heterocycles. The molecule has 4 rings (SSSR count). The van der Waals surface area contributed by atoms with Crippen molar-refractivity contribution in [2.75, 3.05) is 11.6 Å². The van der Waals surface area contributed by atoms with Crippen molar-refractivity contribution >= 4 is 78.1 Å². The number of fused-ring (bicyclic) bond motifs is 1. The smallest absolute Gasteiger partial charge is 0.190 e. The number of nitrogens with one attached hydrogen (secondary N) is 1. The second-order valence-corrected chi connectivity index (χ2v) is 8.75. The molecule has 0 fully saturated rings. The Bertz CT molecular complexity index is 1060. The molecule has 8 heteroatoms. The van der Waals surface area contributed by atoms with E-state index in [4.69, 9.17) is 23.2 Å². The summed E-state index contributed by atoms with van der Waals surface area (Å²) in [6.45, 7) is 0. The molecule has 0 radical (unpaired) electrons. The highest BCUT2D eigenvalue weighted by atomic mass is 35.5. The molecule has 0 unspecified atom stereocenters. The summed E-state index contributed by atoms with van der Waals surface area (Å²) in [7, 11) is 0. The molecule has 4 aromatic rings. The topological polar surface area (TPSA) is 37.8 Å². The van der Waals surface area contributed by atoms with Gasteiger partial charge < -0.3 is 5.32 Å². The van der Waals surface area contributed by atoms with E-state index in [-0.39, 0.29) is 0 Å². The highest BCUT2D eigenvalue weighted by Gasteiger charge is 2.11. The molecule has 2 aromatic carbocycles. The molecular weight excluding hydrogens is 413 g/mol. The number of rotatable bonds is 4. The Morgan fingerprint density at radius 2 is 1.92 bits per heavy atom.